The Morgan fingerprint density at radius 3 is 2.37 bits per heavy atom. The number of rotatable bonds is 10. The largest absolute Gasteiger partial charge is 0.394 e. The number of hydrogen-bond acceptors (Lipinski definition) is 4. The summed E-state index contributed by atoms with van der Waals surface area (Å²) in [6, 6.07) is 12.1. The standard InChI is InChI=1S/C21H27N3O3/c1-2-6-19(24-20(26)14-16-7-4-3-5-8-16)21(27)23-18(15-25)13-17-9-11-22-12-10-17/h3-5,7-12,18-19,25H,2,6,13-15H2,1H3,(H,23,27)(H,24,26)/t18-,19+/m1/s1. The summed E-state index contributed by atoms with van der Waals surface area (Å²) in [6.07, 6.45) is 5.39. The fourth-order valence-electron chi connectivity index (χ4n) is 2.85. The zero-order valence-corrected chi connectivity index (χ0v) is 15.6. The van der Waals surface area contributed by atoms with E-state index in [0.29, 0.717) is 12.8 Å². The molecular weight excluding hydrogens is 342 g/mol. The van der Waals surface area contributed by atoms with E-state index in [1.807, 2.05) is 49.4 Å². The fraction of sp³-hybridized carbons (Fsp3) is 0.381. The molecule has 2 rings (SSSR count). The number of carbonyl (C=O) groups is 2. The average Bonchev–Trinajstić information content (AvgIpc) is 2.68. The van der Waals surface area contributed by atoms with E-state index in [0.717, 1.165) is 17.5 Å². The third kappa shape index (κ3) is 7.19. The van der Waals surface area contributed by atoms with Crippen LogP contribution in [-0.4, -0.2) is 40.6 Å². The van der Waals surface area contributed by atoms with Gasteiger partial charge in [-0.15, -0.1) is 0 Å². The first-order valence-corrected chi connectivity index (χ1v) is 9.25. The van der Waals surface area contributed by atoms with Gasteiger partial charge in [-0.2, -0.15) is 0 Å². The van der Waals surface area contributed by atoms with E-state index in [2.05, 4.69) is 15.6 Å². The zero-order valence-electron chi connectivity index (χ0n) is 15.6. The predicted molar refractivity (Wildman–Crippen MR) is 104 cm³/mol. The minimum atomic E-state index is -0.613. The highest BCUT2D eigenvalue weighted by Crippen LogP contribution is 2.05. The van der Waals surface area contributed by atoms with Crippen LogP contribution in [0, 0.1) is 0 Å². The Bertz CT molecular complexity index is 707. The number of hydrogen-bond donors (Lipinski definition) is 3. The lowest BCUT2D eigenvalue weighted by Crippen LogP contribution is -2.51. The van der Waals surface area contributed by atoms with Crippen molar-refractivity contribution in [3.05, 3.63) is 66.0 Å². The van der Waals surface area contributed by atoms with Crippen molar-refractivity contribution in [2.24, 2.45) is 0 Å². The number of carbonyl (C=O) groups excluding carboxylic acids is 2. The number of amides is 2. The van der Waals surface area contributed by atoms with Crippen molar-refractivity contribution >= 4 is 11.8 Å². The summed E-state index contributed by atoms with van der Waals surface area (Å²) >= 11 is 0. The molecule has 6 heteroatoms. The summed E-state index contributed by atoms with van der Waals surface area (Å²) in [5.74, 6) is -0.462. The minimum absolute atomic E-state index is 0.176. The number of pyridine rings is 1. The van der Waals surface area contributed by atoms with Gasteiger partial charge in [0.2, 0.25) is 11.8 Å². The molecule has 2 atom stereocenters. The number of nitrogens with zero attached hydrogens (tertiary/aromatic N) is 1. The van der Waals surface area contributed by atoms with Gasteiger partial charge in [0, 0.05) is 12.4 Å². The topological polar surface area (TPSA) is 91.3 Å². The molecule has 0 unspecified atom stereocenters. The Balaban J connectivity index is 1.93. The second-order valence-corrected chi connectivity index (χ2v) is 6.52. The van der Waals surface area contributed by atoms with Crippen LogP contribution < -0.4 is 10.6 Å². The smallest absolute Gasteiger partial charge is 0.242 e. The van der Waals surface area contributed by atoms with Gasteiger partial charge in [0.05, 0.1) is 19.1 Å². The van der Waals surface area contributed by atoms with Crippen molar-refractivity contribution in [3.63, 3.8) is 0 Å². The Hall–Kier alpha value is -2.73. The van der Waals surface area contributed by atoms with E-state index in [4.69, 9.17) is 0 Å². The highest BCUT2D eigenvalue weighted by atomic mass is 16.3. The summed E-state index contributed by atoms with van der Waals surface area (Å²) in [5.41, 5.74) is 1.88. The molecule has 0 saturated carbocycles. The lowest BCUT2D eigenvalue weighted by molar-refractivity contribution is -0.129. The van der Waals surface area contributed by atoms with E-state index in [1.54, 1.807) is 12.4 Å². The van der Waals surface area contributed by atoms with Crippen molar-refractivity contribution < 1.29 is 14.7 Å². The molecule has 0 radical (unpaired) electrons. The Kier molecular flexibility index (Phi) is 8.45. The third-order valence-corrected chi connectivity index (χ3v) is 4.23. The molecular formula is C21H27N3O3. The molecule has 1 heterocycles. The van der Waals surface area contributed by atoms with Crippen molar-refractivity contribution in [2.45, 2.75) is 44.7 Å². The summed E-state index contributed by atoms with van der Waals surface area (Å²) in [7, 11) is 0. The van der Waals surface area contributed by atoms with Gasteiger partial charge in [0.1, 0.15) is 6.04 Å². The second kappa shape index (κ2) is 11.1. The molecule has 2 aromatic rings. The van der Waals surface area contributed by atoms with Crippen LogP contribution in [0.3, 0.4) is 0 Å². The summed E-state index contributed by atoms with van der Waals surface area (Å²) in [6.45, 7) is 1.79. The Morgan fingerprint density at radius 2 is 1.74 bits per heavy atom. The first-order valence-electron chi connectivity index (χ1n) is 9.25. The fourth-order valence-corrected chi connectivity index (χ4v) is 2.85. The number of aliphatic hydroxyl groups excluding tert-OH is 1. The lowest BCUT2D eigenvalue weighted by Gasteiger charge is -2.22. The van der Waals surface area contributed by atoms with Crippen molar-refractivity contribution in [1.29, 1.82) is 0 Å². The Labute approximate surface area is 160 Å². The highest BCUT2D eigenvalue weighted by Gasteiger charge is 2.22. The summed E-state index contributed by atoms with van der Waals surface area (Å²) in [5, 5.41) is 15.3. The van der Waals surface area contributed by atoms with Crippen LogP contribution in [0.25, 0.3) is 0 Å². The van der Waals surface area contributed by atoms with Gasteiger partial charge in [-0.3, -0.25) is 14.6 Å². The highest BCUT2D eigenvalue weighted by molar-refractivity contribution is 5.88. The molecule has 144 valence electrons. The quantitative estimate of drug-likeness (QED) is 0.594. The van der Waals surface area contributed by atoms with Crippen molar-refractivity contribution in [3.8, 4) is 0 Å². The summed E-state index contributed by atoms with van der Waals surface area (Å²) in [4.78, 5) is 28.9. The molecule has 0 aliphatic carbocycles. The average molecular weight is 369 g/mol. The minimum Gasteiger partial charge on any atom is -0.394 e. The Morgan fingerprint density at radius 1 is 1.04 bits per heavy atom. The van der Waals surface area contributed by atoms with Crippen LogP contribution in [0.4, 0.5) is 0 Å². The van der Waals surface area contributed by atoms with Crippen LogP contribution in [0.15, 0.2) is 54.9 Å². The maximum absolute atomic E-state index is 12.6. The molecule has 2 amide bonds. The van der Waals surface area contributed by atoms with Gasteiger partial charge in [0.15, 0.2) is 0 Å². The molecule has 0 saturated heterocycles. The number of aliphatic hydroxyl groups is 1. The van der Waals surface area contributed by atoms with E-state index in [9.17, 15) is 14.7 Å². The van der Waals surface area contributed by atoms with Crippen LogP contribution >= 0.6 is 0 Å². The second-order valence-electron chi connectivity index (χ2n) is 6.52. The van der Waals surface area contributed by atoms with E-state index in [-0.39, 0.29) is 24.8 Å². The van der Waals surface area contributed by atoms with Gasteiger partial charge in [0.25, 0.3) is 0 Å². The number of benzene rings is 1. The molecule has 6 nitrogen and oxygen atoms in total. The monoisotopic (exact) mass is 369 g/mol. The molecule has 1 aromatic carbocycles. The summed E-state index contributed by atoms with van der Waals surface area (Å²) < 4.78 is 0. The van der Waals surface area contributed by atoms with Crippen LogP contribution in [-0.2, 0) is 22.4 Å². The zero-order chi connectivity index (χ0) is 19.5. The van der Waals surface area contributed by atoms with Crippen LogP contribution in [0.1, 0.15) is 30.9 Å². The molecule has 0 bridgehead atoms. The van der Waals surface area contributed by atoms with E-state index >= 15 is 0 Å². The van der Waals surface area contributed by atoms with Gasteiger partial charge in [-0.05, 0) is 36.1 Å². The SMILES string of the molecule is CCC[C@H](NC(=O)Cc1ccccc1)C(=O)N[C@@H](CO)Cc1ccncc1. The molecule has 0 aliphatic rings. The van der Waals surface area contributed by atoms with Gasteiger partial charge in [-0.1, -0.05) is 43.7 Å². The van der Waals surface area contributed by atoms with Crippen LogP contribution in [0.5, 0.6) is 0 Å². The van der Waals surface area contributed by atoms with E-state index in [1.165, 1.54) is 0 Å². The maximum Gasteiger partial charge on any atom is 0.242 e. The van der Waals surface area contributed by atoms with E-state index < -0.39 is 12.1 Å². The van der Waals surface area contributed by atoms with Gasteiger partial charge >= 0.3 is 0 Å². The molecule has 1 aromatic heterocycles. The molecule has 27 heavy (non-hydrogen) atoms. The first-order chi connectivity index (χ1) is 13.1. The molecule has 0 aliphatic heterocycles. The predicted octanol–water partition coefficient (Wildman–Crippen LogP) is 1.63. The molecule has 3 N–H and O–H groups in total. The van der Waals surface area contributed by atoms with Gasteiger partial charge < -0.3 is 15.7 Å². The van der Waals surface area contributed by atoms with Crippen molar-refractivity contribution in [1.82, 2.24) is 15.6 Å². The van der Waals surface area contributed by atoms with Gasteiger partial charge in [-0.25, -0.2) is 0 Å². The number of aromatic nitrogens is 1. The molecule has 0 fully saturated rings. The van der Waals surface area contributed by atoms with Crippen molar-refractivity contribution in [2.75, 3.05) is 6.61 Å². The normalized spacial score (nSPS) is 12.8. The third-order valence-electron chi connectivity index (χ3n) is 4.23. The van der Waals surface area contributed by atoms with Crippen LogP contribution in [0.2, 0.25) is 0 Å². The lowest BCUT2D eigenvalue weighted by atomic mass is 10.1. The first kappa shape index (κ1) is 20.6. The number of nitrogens with one attached hydrogen (secondary N) is 2. The maximum atomic E-state index is 12.6. The molecule has 0 spiro atoms.